The molecule has 1 spiro atoms. The maximum absolute atomic E-state index is 11.5. The lowest BCUT2D eigenvalue weighted by atomic mass is 9.61. The van der Waals surface area contributed by atoms with E-state index >= 15 is 0 Å². The molecule has 1 N–H and O–H groups in total. The molecule has 3 heterocycles. The molecule has 10 heteroatoms. The van der Waals surface area contributed by atoms with Gasteiger partial charge in [0, 0.05) is 41.9 Å². The molecule has 1 saturated carbocycles. The van der Waals surface area contributed by atoms with Gasteiger partial charge < -0.3 is 9.45 Å². The first-order valence-corrected chi connectivity index (χ1v) is 10.1. The maximum atomic E-state index is 11.5. The molecule has 1 saturated heterocycles. The fourth-order valence-corrected chi connectivity index (χ4v) is 5.17. The lowest BCUT2D eigenvalue weighted by molar-refractivity contribution is -0.00656. The summed E-state index contributed by atoms with van der Waals surface area (Å²) < 4.78 is 26.0. The van der Waals surface area contributed by atoms with Gasteiger partial charge in [-0.05, 0) is 45.2 Å². The number of aromatic nitrogens is 3. The van der Waals surface area contributed by atoms with Gasteiger partial charge in [0.2, 0.25) is 0 Å². The highest BCUT2D eigenvalue weighted by molar-refractivity contribution is 7.76. The van der Waals surface area contributed by atoms with Crippen molar-refractivity contribution in [2.24, 2.45) is 5.41 Å². The largest absolute Gasteiger partial charge is 0.759 e. The van der Waals surface area contributed by atoms with Crippen molar-refractivity contribution in [3.8, 4) is 0 Å². The van der Waals surface area contributed by atoms with Crippen LogP contribution in [0, 0.1) is 12.3 Å². The van der Waals surface area contributed by atoms with E-state index in [4.69, 9.17) is 11.6 Å². The summed E-state index contributed by atoms with van der Waals surface area (Å²) >= 11 is 3.96. The highest BCUT2D eigenvalue weighted by Gasteiger charge is 2.55. The van der Waals surface area contributed by atoms with E-state index in [1.54, 1.807) is 4.52 Å². The number of halogens is 1. The lowest BCUT2D eigenvalue weighted by Crippen LogP contribution is -2.68. The third-order valence-electron chi connectivity index (χ3n) is 5.25. The summed E-state index contributed by atoms with van der Waals surface area (Å²) in [6.45, 7) is 7.62. The summed E-state index contributed by atoms with van der Waals surface area (Å²) in [5.41, 5.74) is 5.17. The summed E-state index contributed by atoms with van der Waals surface area (Å²) in [6, 6.07) is 2.00. The molecule has 26 heavy (non-hydrogen) atoms. The quantitative estimate of drug-likeness (QED) is 0.609. The Hall–Kier alpha value is -1.26. The number of hydrazine groups is 1. The summed E-state index contributed by atoms with van der Waals surface area (Å²) in [7, 11) is 0. The van der Waals surface area contributed by atoms with E-state index in [1.807, 2.05) is 26.8 Å². The van der Waals surface area contributed by atoms with Crippen LogP contribution in [0.1, 0.15) is 32.3 Å². The average Bonchev–Trinajstić information content (AvgIpc) is 2.78. The van der Waals surface area contributed by atoms with Crippen LogP contribution in [-0.4, -0.2) is 52.9 Å². The minimum absolute atomic E-state index is 0.0211. The standard InChI is InChI=1S/C16H23ClN6O2S/c1-10(2)20-23(26(24)25)12-5-16(6-12)7-21(8-16)15-14-11(3)4-13(17)22(14)19-9-18-15/h4,9-10,12,20H,5-8H2,1-3H3,(H,24,25)/p-1. The van der Waals surface area contributed by atoms with Crippen molar-refractivity contribution < 1.29 is 8.76 Å². The first-order valence-electron chi connectivity index (χ1n) is 8.68. The predicted molar refractivity (Wildman–Crippen MR) is 99.4 cm³/mol. The maximum Gasteiger partial charge on any atom is 0.156 e. The van der Waals surface area contributed by atoms with Crippen molar-refractivity contribution in [2.75, 3.05) is 18.0 Å². The number of hydrogen-bond acceptors (Lipinski definition) is 6. The fraction of sp³-hybridized carbons (Fsp3) is 0.625. The Labute approximate surface area is 159 Å². The van der Waals surface area contributed by atoms with Gasteiger partial charge in [0.25, 0.3) is 0 Å². The van der Waals surface area contributed by atoms with Gasteiger partial charge in [0.05, 0.1) is 0 Å². The summed E-state index contributed by atoms with van der Waals surface area (Å²) in [5.74, 6) is 0.892. The zero-order valence-electron chi connectivity index (χ0n) is 15.0. The second kappa shape index (κ2) is 6.42. The van der Waals surface area contributed by atoms with E-state index in [-0.39, 0.29) is 17.5 Å². The molecule has 142 valence electrons. The van der Waals surface area contributed by atoms with Crippen molar-refractivity contribution in [3.63, 3.8) is 0 Å². The van der Waals surface area contributed by atoms with Gasteiger partial charge in [-0.25, -0.2) is 14.9 Å². The molecule has 2 aliphatic rings. The number of nitrogens with one attached hydrogen (secondary N) is 1. The van der Waals surface area contributed by atoms with E-state index in [1.165, 1.54) is 10.7 Å². The number of anilines is 1. The van der Waals surface area contributed by atoms with Crippen LogP contribution < -0.4 is 10.3 Å². The first kappa shape index (κ1) is 18.1. The minimum atomic E-state index is -2.26. The van der Waals surface area contributed by atoms with Crippen LogP contribution in [0.15, 0.2) is 12.4 Å². The van der Waals surface area contributed by atoms with Gasteiger partial charge in [-0.1, -0.05) is 11.6 Å². The third kappa shape index (κ3) is 2.91. The number of aryl methyl sites for hydroxylation is 1. The van der Waals surface area contributed by atoms with Gasteiger partial charge in [0.15, 0.2) is 5.82 Å². The number of rotatable bonds is 5. The normalized spacial score (nSPS) is 20.8. The third-order valence-corrected chi connectivity index (χ3v) is 6.24. The SMILES string of the molecule is Cc1cc(Cl)n2ncnc(N3CC4(CC(N(NC(C)C)S(=O)[O-])C4)C3)c12. The highest BCUT2D eigenvalue weighted by Crippen LogP contribution is 2.51. The van der Waals surface area contributed by atoms with Crippen LogP contribution in [0.3, 0.4) is 0 Å². The van der Waals surface area contributed by atoms with Crippen LogP contribution in [0.25, 0.3) is 5.52 Å². The Kier molecular flexibility index (Phi) is 4.47. The highest BCUT2D eigenvalue weighted by atomic mass is 35.5. The van der Waals surface area contributed by atoms with E-state index in [0.29, 0.717) is 5.15 Å². The molecule has 0 amide bonds. The lowest BCUT2D eigenvalue weighted by Gasteiger charge is -2.61. The van der Waals surface area contributed by atoms with Crippen molar-refractivity contribution in [1.29, 1.82) is 0 Å². The molecule has 8 nitrogen and oxygen atoms in total. The zero-order valence-corrected chi connectivity index (χ0v) is 16.5. The zero-order chi connectivity index (χ0) is 18.6. The van der Waals surface area contributed by atoms with Crippen LogP contribution in [0.4, 0.5) is 5.82 Å². The average molecular weight is 398 g/mol. The second-order valence-corrected chi connectivity index (χ2v) is 8.95. The summed E-state index contributed by atoms with van der Waals surface area (Å²) in [4.78, 5) is 6.69. The Morgan fingerprint density at radius 1 is 1.46 bits per heavy atom. The first-order chi connectivity index (χ1) is 12.3. The van der Waals surface area contributed by atoms with Gasteiger partial charge in [-0.15, -0.1) is 0 Å². The Morgan fingerprint density at radius 2 is 2.15 bits per heavy atom. The van der Waals surface area contributed by atoms with Crippen LogP contribution in [0.5, 0.6) is 0 Å². The monoisotopic (exact) mass is 397 g/mol. The van der Waals surface area contributed by atoms with Crippen LogP contribution in [0.2, 0.25) is 5.15 Å². The number of hydrogen-bond donors (Lipinski definition) is 1. The Bertz CT molecular complexity index is 858. The Balaban J connectivity index is 1.45. The molecule has 2 aromatic heterocycles. The molecule has 1 aliphatic carbocycles. The summed E-state index contributed by atoms with van der Waals surface area (Å²) in [6.07, 6.45) is 3.25. The smallest absolute Gasteiger partial charge is 0.156 e. The molecule has 0 bridgehead atoms. The van der Waals surface area contributed by atoms with Crippen LogP contribution in [-0.2, 0) is 11.3 Å². The van der Waals surface area contributed by atoms with E-state index in [2.05, 4.69) is 20.4 Å². The van der Waals surface area contributed by atoms with E-state index in [0.717, 1.165) is 42.8 Å². The molecule has 2 fully saturated rings. The molecule has 2 aromatic rings. The Morgan fingerprint density at radius 3 is 2.77 bits per heavy atom. The van der Waals surface area contributed by atoms with Gasteiger partial charge in [-0.2, -0.15) is 9.51 Å². The molecule has 1 atom stereocenters. The van der Waals surface area contributed by atoms with Gasteiger partial charge in [0.1, 0.15) is 17.0 Å². The topological polar surface area (TPSA) is 88.8 Å². The molecule has 4 rings (SSSR count). The predicted octanol–water partition coefficient (Wildman–Crippen LogP) is 1.67. The molecular weight excluding hydrogens is 376 g/mol. The minimum Gasteiger partial charge on any atom is -0.759 e. The van der Waals surface area contributed by atoms with Gasteiger partial charge in [-0.3, -0.25) is 4.21 Å². The fourth-order valence-electron chi connectivity index (χ4n) is 4.19. The molecular formula is C16H22ClN6O2S-. The van der Waals surface area contributed by atoms with Gasteiger partial charge >= 0.3 is 0 Å². The number of nitrogens with zero attached hydrogens (tertiary/aromatic N) is 5. The van der Waals surface area contributed by atoms with Crippen molar-refractivity contribution >= 4 is 34.2 Å². The number of fused-ring (bicyclic) bond motifs is 1. The molecule has 1 unspecified atom stereocenters. The van der Waals surface area contributed by atoms with Crippen molar-refractivity contribution in [3.05, 3.63) is 23.1 Å². The van der Waals surface area contributed by atoms with E-state index in [9.17, 15) is 8.76 Å². The van der Waals surface area contributed by atoms with Crippen molar-refractivity contribution in [1.82, 2.24) is 24.4 Å². The van der Waals surface area contributed by atoms with Crippen molar-refractivity contribution in [2.45, 2.75) is 45.7 Å². The molecule has 1 aliphatic heterocycles. The van der Waals surface area contributed by atoms with E-state index < -0.39 is 11.3 Å². The molecule has 0 radical (unpaired) electrons. The van der Waals surface area contributed by atoms with Crippen LogP contribution >= 0.6 is 11.6 Å². The second-order valence-electron chi connectivity index (χ2n) is 7.74. The molecule has 0 aromatic carbocycles. The summed E-state index contributed by atoms with van der Waals surface area (Å²) in [5, 5.41) is 4.80.